The number of amides is 2. The zero-order valence-corrected chi connectivity index (χ0v) is 18.8. The first kappa shape index (κ1) is 20.8. The van der Waals surface area contributed by atoms with Crippen molar-refractivity contribution in [1.29, 1.82) is 0 Å². The molecule has 6 heteroatoms. The molecule has 2 amide bonds. The Hall–Kier alpha value is -3.12. The summed E-state index contributed by atoms with van der Waals surface area (Å²) in [6.45, 7) is 5.52. The first-order valence-corrected chi connectivity index (χ1v) is 11.5. The van der Waals surface area contributed by atoms with Crippen molar-refractivity contribution in [1.82, 2.24) is 19.7 Å². The molecule has 0 radical (unpaired) electrons. The molecule has 1 aromatic heterocycles. The van der Waals surface area contributed by atoms with E-state index in [9.17, 15) is 9.59 Å². The van der Waals surface area contributed by atoms with E-state index in [-0.39, 0.29) is 17.9 Å². The Labute approximate surface area is 188 Å². The summed E-state index contributed by atoms with van der Waals surface area (Å²) in [5, 5.41) is 4.18. The maximum atomic E-state index is 13.5. The van der Waals surface area contributed by atoms with Gasteiger partial charge in [0.25, 0.3) is 5.91 Å². The minimum Gasteiger partial charge on any atom is -0.353 e. The summed E-state index contributed by atoms with van der Waals surface area (Å²) in [5.74, 6) is -0.184. The summed E-state index contributed by atoms with van der Waals surface area (Å²) in [6.07, 6.45) is 4.56. The smallest absolute Gasteiger partial charge is 0.255 e. The predicted molar refractivity (Wildman–Crippen MR) is 126 cm³/mol. The number of benzene rings is 2. The number of para-hydroxylation sites is 1. The lowest BCUT2D eigenvalue weighted by Crippen LogP contribution is -2.48. The van der Waals surface area contributed by atoms with Gasteiger partial charge >= 0.3 is 0 Å². The Morgan fingerprint density at radius 1 is 1.06 bits per heavy atom. The first-order valence-electron chi connectivity index (χ1n) is 11.5. The number of carbonyl (C=O) groups is 2. The minimum atomic E-state index is -0.572. The van der Waals surface area contributed by atoms with E-state index in [0.717, 1.165) is 41.7 Å². The topological polar surface area (TPSA) is 57.6 Å². The molecule has 1 fully saturated rings. The van der Waals surface area contributed by atoms with Crippen LogP contribution in [0.2, 0.25) is 0 Å². The lowest BCUT2D eigenvalue weighted by atomic mass is 9.97. The van der Waals surface area contributed by atoms with Gasteiger partial charge in [0.05, 0.1) is 6.04 Å². The molecule has 0 aliphatic carbocycles. The number of nitrogens with one attached hydrogen (secondary N) is 1. The summed E-state index contributed by atoms with van der Waals surface area (Å²) in [5.41, 5.74) is 3.81. The average Bonchev–Trinajstić information content (AvgIpc) is 3.51. The molecule has 32 heavy (non-hydrogen) atoms. The molecule has 6 nitrogen and oxygen atoms in total. The zero-order chi connectivity index (χ0) is 22.2. The van der Waals surface area contributed by atoms with Crippen molar-refractivity contribution in [3.8, 4) is 0 Å². The standard InChI is InChI=1S/C26H30N4O2/c1-18(25(31)27-13-16-29-14-7-8-15-29)30-24(20-10-3-4-11-21(20)26(30)32)22-17-28(2)23-12-6-5-9-19(22)23/h3-6,9-12,17-18,24H,7-8,13-16H2,1-2H3,(H,27,31)/t18-,24+/m1/s1. The maximum absolute atomic E-state index is 13.5. The first-order chi connectivity index (χ1) is 15.6. The van der Waals surface area contributed by atoms with Crippen molar-refractivity contribution in [3.05, 3.63) is 71.4 Å². The van der Waals surface area contributed by atoms with Gasteiger partial charge in [0.2, 0.25) is 5.91 Å². The van der Waals surface area contributed by atoms with Crippen LogP contribution >= 0.6 is 0 Å². The Morgan fingerprint density at radius 3 is 2.59 bits per heavy atom. The van der Waals surface area contributed by atoms with Crippen LogP contribution in [-0.2, 0) is 11.8 Å². The number of carbonyl (C=O) groups excluding carboxylic acids is 2. The predicted octanol–water partition coefficient (Wildman–Crippen LogP) is 3.32. The average molecular weight is 431 g/mol. The second-order valence-corrected chi connectivity index (χ2v) is 8.93. The second-order valence-electron chi connectivity index (χ2n) is 8.93. The van der Waals surface area contributed by atoms with Crippen LogP contribution in [0.5, 0.6) is 0 Å². The summed E-state index contributed by atoms with van der Waals surface area (Å²) < 4.78 is 2.09. The third-order valence-corrected chi connectivity index (χ3v) is 6.94. The van der Waals surface area contributed by atoms with Crippen molar-refractivity contribution in [2.24, 2.45) is 7.05 Å². The monoisotopic (exact) mass is 430 g/mol. The van der Waals surface area contributed by atoms with Gasteiger partial charge in [0.1, 0.15) is 6.04 Å². The number of nitrogens with zero attached hydrogens (tertiary/aromatic N) is 3. The summed E-state index contributed by atoms with van der Waals surface area (Å²) in [4.78, 5) is 30.7. The fourth-order valence-corrected chi connectivity index (χ4v) is 5.26. The zero-order valence-electron chi connectivity index (χ0n) is 18.8. The van der Waals surface area contributed by atoms with Crippen molar-refractivity contribution in [3.63, 3.8) is 0 Å². The van der Waals surface area contributed by atoms with E-state index < -0.39 is 6.04 Å². The van der Waals surface area contributed by atoms with Gasteiger partial charge in [-0.3, -0.25) is 9.59 Å². The van der Waals surface area contributed by atoms with Crippen molar-refractivity contribution < 1.29 is 9.59 Å². The molecule has 3 heterocycles. The van der Waals surface area contributed by atoms with Gasteiger partial charge in [-0.05, 0) is 50.6 Å². The second kappa shape index (κ2) is 8.43. The fourth-order valence-electron chi connectivity index (χ4n) is 5.26. The Kier molecular flexibility index (Phi) is 5.47. The minimum absolute atomic E-state index is 0.0827. The van der Waals surface area contributed by atoms with Crippen LogP contribution in [-0.4, -0.2) is 58.4 Å². The van der Waals surface area contributed by atoms with Gasteiger partial charge in [-0.25, -0.2) is 0 Å². The van der Waals surface area contributed by atoms with E-state index in [1.807, 2.05) is 50.4 Å². The van der Waals surface area contributed by atoms with Gasteiger partial charge in [0.15, 0.2) is 0 Å². The molecule has 2 atom stereocenters. The highest BCUT2D eigenvalue weighted by Crippen LogP contribution is 2.42. The molecule has 1 N–H and O–H groups in total. The van der Waals surface area contributed by atoms with Gasteiger partial charge in [0, 0.05) is 48.4 Å². The van der Waals surface area contributed by atoms with Crippen LogP contribution in [0.15, 0.2) is 54.7 Å². The van der Waals surface area contributed by atoms with Crippen LogP contribution in [0.25, 0.3) is 10.9 Å². The molecule has 2 aliphatic heterocycles. The number of fused-ring (bicyclic) bond motifs is 2. The number of likely N-dealkylation sites (tertiary alicyclic amines) is 1. The number of rotatable bonds is 6. The van der Waals surface area contributed by atoms with E-state index in [2.05, 4.69) is 33.1 Å². The molecule has 2 aliphatic rings. The Morgan fingerprint density at radius 2 is 1.78 bits per heavy atom. The van der Waals surface area contributed by atoms with E-state index in [0.29, 0.717) is 12.1 Å². The number of hydrogen-bond acceptors (Lipinski definition) is 3. The van der Waals surface area contributed by atoms with Crippen LogP contribution < -0.4 is 5.32 Å². The number of aromatic nitrogens is 1. The van der Waals surface area contributed by atoms with E-state index in [1.54, 1.807) is 4.90 Å². The molecule has 0 saturated carbocycles. The third kappa shape index (κ3) is 3.48. The van der Waals surface area contributed by atoms with Crippen molar-refractivity contribution in [2.45, 2.75) is 31.8 Å². The number of aryl methyl sites for hydroxylation is 1. The molecule has 0 bridgehead atoms. The maximum Gasteiger partial charge on any atom is 0.255 e. The number of hydrogen-bond donors (Lipinski definition) is 1. The molecule has 2 aromatic carbocycles. The van der Waals surface area contributed by atoms with E-state index in [4.69, 9.17) is 0 Å². The van der Waals surface area contributed by atoms with Gasteiger partial charge < -0.3 is 19.7 Å². The molecule has 166 valence electrons. The molecular weight excluding hydrogens is 400 g/mol. The Bertz CT molecular complexity index is 1160. The van der Waals surface area contributed by atoms with Gasteiger partial charge in [-0.1, -0.05) is 36.4 Å². The lowest BCUT2D eigenvalue weighted by molar-refractivity contribution is -0.125. The largest absolute Gasteiger partial charge is 0.353 e. The quantitative estimate of drug-likeness (QED) is 0.653. The summed E-state index contributed by atoms with van der Waals surface area (Å²) in [7, 11) is 2.02. The lowest BCUT2D eigenvalue weighted by Gasteiger charge is -2.31. The van der Waals surface area contributed by atoms with E-state index >= 15 is 0 Å². The molecular formula is C26H30N4O2. The molecule has 5 rings (SSSR count). The highest BCUT2D eigenvalue weighted by molar-refractivity contribution is 6.03. The van der Waals surface area contributed by atoms with Gasteiger partial charge in [-0.15, -0.1) is 0 Å². The highest BCUT2D eigenvalue weighted by atomic mass is 16.2. The summed E-state index contributed by atoms with van der Waals surface area (Å²) >= 11 is 0. The van der Waals surface area contributed by atoms with Crippen LogP contribution in [0.4, 0.5) is 0 Å². The van der Waals surface area contributed by atoms with Gasteiger partial charge in [-0.2, -0.15) is 0 Å². The fraction of sp³-hybridized carbons (Fsp3) is 0.385. The normalized spacial score (nSPS) is 19.5. The van der Waals surface area contributed by atoms with E-state index in [1.165, 1.54) is 12.8 Å². The van der Waals surface area contributed by atoms with Crippen LogP contribution in [0.1, 0.15) is 47.3 Å². The SMILES string of the molecule is C[C@H](C(=O)NCCN1CCCC1)N1C(=O)c2ccccc2[C@H]1c1cn(C)c2ccccc12. The molecule has 0 spiro atoms. The summed E-state index contributed by atoms with van der Waals surface area (Å²) in [6, 6.07) is 15.1. The third-order valence-electron chi connectivity index (χ3n) is 6.94. The van der Waals surface area contributed by atoms with Crippen LogP contribution in [0.3, 0.4) is 0 Å². The molecule has 1 saturated heterocycles. The molecule has 0 unspecified atom stereocenters. The Balaban J connectivity index is 1.46. The van der Waals surface area contributed by atoms with Crippen LogP contribution in [0, 0.1) is 0 Å². The highest BCUT2D eigenvalue weighted by Gasteiger charge is 2.43. The van der Waals surface area contributed by atoms with Crippen molar-refractivity contribution >= 4 is 22.7 Å². The molecule has 3 aromatic rings. The van der Waals surface area contributed by atoms with Crippen molar-refractivity contribution in [2.75, 3.05) is 26.2 Å².